The molecule has 15 nitrogen and oxygen atoms in total. The zero-order valence-electron chi connectivity index (χ0n) is 73.5. The summed E-state index contributed by atoms with van der Waals surface area (Å²) in [5, 5.41) is 20.9. The molecule has 5 saturated carbocycles. The highest BCUT2D eigenvalue weighted by atomic mass is 19.2. The van der Waals surface area contributed by atoms with Gasteiger partial charge in [0, 0.05) is 81.7 Å². The van der Waals surface area contributed by atoms with Crippen LogP contribution in [0.1, 0.15) is 194 Å². The van der Waals surface area contributed by atoms with Gasteiger partial charge in [0.25, 0.3) is 0 Å². The van der Waals surface area contributed by atoms with Crippen molar-refractivity contribution >= 4 is 18.5 Å². The quantitative estimate of drug-likeness (QED) is 0.0362. The second-order valence-electron chi connectivity index (χ2n) is 38.4. The van der Waals surface area contributed by atoms with Gasteiger partial charge in [-0.2, -0.15) is 0 Å². The number of cyclic esters (lactones) is 2. The summed E-state index contributed by atoms with van der Waals surface area (Å²) in [6, 6.07) is 32.4. The Morgan fingerprint density at radius 1 is 0.452 bits per heavy atom. The molecule has 5 aliphatic carbocycles. The number of benzene rings is 6. The Labute approximate surface area is 731 Å². The lowest BCUT2D eigenvalue weighted by atomic mass is 9.71. The third-order valence-electron chi connectivity index (χ3n) is 29.9. The molecular weight excluding hydrogens is 1590 g/mol. The van der Waals surface area contributed by atoms with Crippen LogP contribution in [0.3, 0.4) is 0 Å². The first kappa shape index (κ1) is 94.3. The third kappa shape index (κ3) is 26.2. The van der Waals surface area contributed by atoms with Gasteiger partial charge in [-0.15, -0.1) is 0 Å². The van der Waals surface area contributed by atoms with Crippen LogP contribution in [0.25, 0.3) is 0 Å². The van der Waals surface area contributed by atoms with Crippen LogP contribution in [-0.2, 0) is 53.0 Å². The van der Waals surface area contributed by atoms with Gasteiger partial charge in [-0.25, -0.2) is 44.7 Å². The van der Waals surface area contributed by atoms with E-state index in [1.54, 1.807) is 7.05 Å². The largest absolute Gasteiger partial charge is 0.442 e. The SMILES string of the molecule is C1CCC2CNCCC2C1.CN1CCC2CCCCC2C1.CN[C@@H](Cc1cc(F)cc(F)c1)[C@@H]1OC(=O)N2CC3CCCCC3C[C@@H]12.CN[C@@H](Cc1cc(F)cc(F)c1)[C@H](O)[C@H]1CC2CCCCC2CN1C.N[C@@H](Cc1cc(F)cc(F)c1)[C@@H]1OC(=O)N2CC3CCCCC3C[C@@H]12.O=C[C@@H](Cc1cc(F)cc(F)c1)N(Cc1ccccc1)Cc1ccccc1. The number of halogens is 8. The summed E-state index contributed by atoms with van der Waals surface area (Å²) in [5.41, 5.74) is 10.6. The Bertz CT molecular complexity index is 4190. The predicted octanol–water partition coefficient (Wildman–Crippen LogP) is 18.4. The number of ether oxygens (including phenoxy) is 2. The summed E-state index contributed by atoms with van der Waals surface area (Å²) in [7, 11) is 7.97. The van der Waals surface area contributed by atoms with E-state index in [1.807, 2.05) is 82.4 Å². The van der Waals surface area contributed by atoms with Crippen molar-refractivity contribution in [2.24, 2.45) is 64.9 Å². The summed E-state index contributed by atoms with van der Waals surface area (Å²) >= 11 is 0. The second kappa shape index (κ2) is 46.1. The maximum atomic E-state index is 13.5. The van der Waals surface area contributed by atoms with Gasteiger partial charge in [-0.05, 0) is 279 Å². The molecule has 0 radical (unpaired) electrons. The number of hydrogen-bond acceptors (Lipinski definition) is 13. The number of carbonyl (C=O) groups is 3. The highest BCUT2D eigenvalue weighted by Gasteiger charge is 2.53. The fourth-order valence-corrected chi connectivity index (χ4v) is 23.4. The Kier molecular flexibility index (Phi) is 35.0. The number of hydrogen-bond donors (Lipinski definition) is 5. The first-order valence-corrected chi connectivity index (χ1v) is 46.9. The van der Waals surface area contributed by atoms with Crippen molar-refractivity contribution in [3.8, 4) is 0 Å². The molecule has 6 aromatic rings. The smallest absolute Gasteiger partial charge is 0.410 e. The van der Waals surface area contributed by atoms with Gasteiger partial charge in [-0.1, -0.05) is 157 Å². The summed E-state index contributed by atoms with van der Waals surface area (Å²) in [5.74, 6) is 3.41. The molecule has 7 saturated heterocycles. The fraction of sp³-hybridized carbons (Fsp3) is 0.614. The van der Waals surface area contributed by atoms with E-state index in [0.717, 1.165) is 110 Å². The maximum Gasteiger partial charge on any atom is 0.410 e. The molecule has 124 heavy (non-hydrogen) atoms. The minimum Gasteiger partial charge on any atom is -0.442 e. The van der Waals surface area contributed by atoms with Crippen LogP contribution in [0.15, 0.2) is 133 Å². The predicted molar refractivity (Wildman–Crippen MR) is 471 cm³/mol. The number of nitrogens with zero attached hydrogens (tertiary/aromatic N) is 5. The molecule has 12 aliphatic rings. The molecule has 7 heterocycles. The molecule has 2 amide bonds. The van der Waals surface area contributed by atoms with Crippen molar-refractivity contribution in [2.75, 3.05) is 74.0 Å². The normalized spacial score (nSPS) is 28.8. The van der Waals surface area contributed by atoms with E-state index in [4.69, 9.17) is 15.2 Å². The van der Waals surface area contributed by atoms with Gasteiger partial charge in [0.1, 0.15) is 65.0 Å². The Hall–Kier alpha value is -7.35. The lowest BCUT2D eigenvalue weighted by Gasteiger charge is -2.47. The third-order valence-corrected chi connectivity index (χ3v) is 29.9. The molecule has 0 bridgehead atoms. The number of aldehydes is 1. The van der Waals surface area contributed by atoms with Gasteiger partial charge in [0.05, 0.1) is 30.3 Å². The number of nitrogens with one attached hydrogen (secondary N) is 3. The van der Waals surface area contributed by atoms with Crippen LogP contribution >= 0.6 is 0 Å². The molecule has 20 atom stereocenters. The van der Waals surface area contributed by atoms with Crippen molar-refractivity contribution in [3.05, 3.63) is 213 Å². The molecular formula is C101H137F8N9O6. The Morgan fingerprint density at radius 2 is 0.839 bits per heavy atom. The highest BCUT2D eigenvalue weighted by Crippen LogP contribution is 2.46. The van der Waals surface area contributed by atoms with E-state index in [9.17, 15) is 54.6 Å². The van der Waals surface area contributed by atoms with Crippen molar-refractivity contribution < 1.29 is 64.1 Å². The van der Waals surface area contributed by atoms with Crippen molar-refractivity contribution in [1.29, 1.82) is 0 Å². The number of likely N-dealkylation sites (tertiary alicyclic amines) is 2. The van der Waals surface area contributed by atoms with Crippen LogP contribution in [0.4, 0.5) is 44.7 Å². The molecule has 6 N–H and O–H groups in total. The van der Waals surface area contributed by atoms with Crippen molar-refractivity contribution in [2.45, 2.75) is 260 Å². The van der Waals surface area contributed by atoms with E-state index >= 15 is 0 Å². The van der Waals surface area contributed by atoms with E-state index in [-0.39, 0.29) is 61.3 Å². The number of rotatable bonds is 20. The van der Waals surface area contributed by atoms with Crippen LogP contribution in [0, 0.1) is 106 Å². The van der Waals surface area contributed by atoms with Crippen LogP contribution in [0.2, 0.25) is 0 Å². The van der Waals surface area contributed by atoms with E-state index in [2.05, 4.69) is 39.8 Å². The highest BCUT2D eigenvalue weighted by molar-refractivity contribution is 5.72. The lowest BCUT2D eigenvalue weighted by Crippen LogP contribution is -2.57. The van der Waals surface area contributed by atoms with Crippen LogP contribution in [0.5, 0.6) is 0 Å². The van der Waals surface area contributed by atoms with Crippen LogP contribution < -0.4 is 21.7 Å². The first-order chi connectivity index (χ1) is 60.0. The van der Waals surface area contributed by atoms with Gasteiger partial charge in [0.15, 0.2) is 0 Å². The molecule has 10 unspecified atom stereocenters. The molecule has 18 rings (SSSR count). The summed E-state index contributed by atoms with van der Waals surface area (Å²) in [6.45, 7) is 9.03. The molecule has 7 aliphatic heterocycles. The Morgan fingerprint density at radius 3 is 1.29 bits per heavy atom. The summed E-state index contributed by atoms with van der Waals surface area (Å²) < 4.78 is 119. The average molecular weight is 1730 g/mol. The lowest BCUT2D eigenvalue weighted by molar-refractivity contribution is -0.112. The number of piperidine rings is 5. The number of carbonyl (C=O) groups excluding carboxylic acids is 3. The maximum absolute atomic E-state index is 13.5. The van der Waals surface area contributed by atoms with E-state index in [0.29, 0.717) is 77.8 Å². The van der Waals surface area contributed by atoms with E-state index in [1.165, 1.54) is 216 Å². The fourth-order valence-electron chi connectivity index (χ4n) is 23.4. The van der Waals surface area contributed by atoms with Gasteiger partial charge >= 0.3 is 12.2 Å². The standard InChI is InChI=1S/C23H21F2NO.C20H26F2N2O2.C20H30F2N2O.C19H24F2N2O2.C10H19N.C9H17N/c24-21-11-20(12-22(25)14-21)13-23(17-27)26(15-18-7-3-1-4-8-18)16-19-9-5-2-6-10-19;1-23-17(8-12-6-15(21)10-16(22)7-12)19-18-9-13-4-2-3-5-14(13)11-24(18)20(25)26-19;1-23-18(9-13-7-16(21)11-17(22)8-13)20(25)19-10-14-5-3-4-6-15(14)12-24(19)2;20-14-5-11(6-15(21)9-14)7-16(22)18-17-8-12-3-1-2-4-13(12)10-23(17)19(24)25-18;1-11-7-6-9-4-2-3-5-10(9)8-11;1-2-4-9-7-10-6-5-8(9)3-1/h1-12,14,17,23H,13,15-16H2;6-7,10,13-14,17-19,23H,2-5,8-9,11H2,1H3;7-8,11,14-15,18-20,23,25H,3-6,9-10,12H2,1-2H3;5-6,9,12-13,16-18H,1-4,7-8,10,22H2;9-10H,2-8H2,1H3;8-10H,1-7H2/t23-;13?,14?,17-,18-,19-;14?,15?,18-,19+,20-;12?,13?,16-,17-,18-;;/m1000../s1. The zero-order valence-corrected chi connectivity index (χ0v) is 73.5. The number of amides is 2. The molecule has 678 valence electrons. The minimum atomic E-state index is -0.632. The van der Waals surface area contributed by atoms with Gasteiger partial charge in [0.2, 0.25) is 0 Å². The van der Waals surface area contributed by atoms with Crippen LogP contribution in [-0.4, -0.2) is 183 Å². The monoisotopic (exact) mass is 1720 g/mol. The molecule has 0 aromatic heterocycles. The average Bonchev–Trinajstić information content (AvgIpc) is 1.61. The topological polar surface area (TPSA) is 168 Å². The minimum absolute atomic E-state index is 0.0137. The molecule has 6 aromatic carbocycles. The molecule has 0 spiro atoms. The summed E-state index contributed by atoms with van der Waals surface area (Å²) in [4.78, 5) is 47.1. The van der Waals surface area contributed by atoms with Gasteiger partial charge in [-0.3, -0.25) is 4.90 Å². The van der Waals surface area contributed by atoms with Crippen molar-refractivity contribution in [3.63, 3.8) is 0 Å². The zero-order chi connectivity index (χ0) is 87.3. The first-order valence-electron chi connectivity index (χ1n) is 46.9. The number of aliphatic hydroxyl groups is 1. The second-order valence-corrected chi connectivity index (χ2v) is 38.4. The molecule has 23 heteroatoms. The number of nitrogens with two attached hydrogens (primary N) is 1. The van der Waals surface area contributed by atoms with E-state index < -0.39 is 70.8 Å². The number of aliphatic hydroxyl groups excluding tert-OH is 1. The van der Waals surface area contributed by atoms with Crippen molar-refractivity contribution in [1.82, 2.24) is 40.4 Å². The molecule has 12 fully saturated rings. The van der Waals surface area contributed by atoms with Gasteiger partial charge < -0.3 is 60.7 Å². The Balaban J connectivity index is 0.000000131. The number of likely N-dealkylation sites (N-methyl/N-ethyl adjacent to an activating group) is 3. The summed E-state index contributed by atoms with van der Waals surface area (Å²) in [6.07, 6.45) is 33.3. The number of fused-ring (bicyclic) bond motifs is 7.